The molecule has 0 spiro atoms. The van der Waals surface area contributed by atoms with E-state index in [0.29, 0.717) is 41.7 Å². The monoisotopic (exact) mass is 441 g/mol. The number of hydrogen-bond acceptors (Lipinski definition) is 5. The van der Waals surface area contributed by atoms with Crippen LogP contribution in [0.4, 0.5) is 4.39 Å². The molecule has 2 aromatic carbocycles. The summed E-state index contributed by atoms with van der Waals surface area (Å²) in [6, 6.07) is 9.17. The minimum Gasteiger partial charge on any atom is -0.490 e. The lowest BCUT2D eigenvalue weighted by molar-refractivity contribution is -0.139. The smallest absolute Gasteiger partial charge is 0.320 e. The predicted octanol–water partition coefficient (Wildman–Crippen LogP) is 4.75. The Bertz CT molecular complexity index is 821. The van der Waals surface area contributed by atoms with Crippen molar-refractivity contribution in [1.82, 2.24) is 5.32 Å². The first-order valence-corrected chi connectivity index (χ1v) is 11.0. The van der Waals surface area contributed by atoms with Crippen molar-refractivity contribution < 1.29 is 23.8 Å². The van der Waals surface area contributed by atoms with Crippen LogP contribution in [0.25, 0.3) is 0 Å². The van der Waals surface area contributed by atoms with E-state index in [2.05, 4.69) is 5.32 Å². The van der Waals surface area contributed by atoms with E-state index in [9.17, 15) is 14.3 Å². The Morgan fingerprint density at radius 1 is 1.31 bits per heavy atom. The third-order valence-corrected chi connectivity index (χ3v) is 5.09. The molecule has 0 fully saturated rings. The summed E-state index contributed by atoms with van der Waals surface area (Å²) in [5.74, 6) is 0.270. The van der Waals surface area contributed by atoms with Gasteiger partial charge in [0, 0.05) is 12.1 Å². The summed E-state index contributed by atoms with van der Waals surface area (Å²) < 4.78 is 25.2. The molecule has 0 aromatic heterocycles. The van der Waals surface area contributed by atoms with Crippen molar-refractivity contribution in [3.8, 4) is 11.5 Å². The molecule has 5 nitrogen and oxygen atoms in total. The van der Waals surface area contributed by atoms with Gasteiger partial charge in [-0.15, -0.1) is 0 Å². The predicted molar refractivity (Wildman–Crippen MR) is 115 cm³/mol. The SMILES string of the molecule is CCOc1cc(CNC(CCSC)C(=O)O)cc(Cl)c1OCc1ccccc1F. The van der Waals surface area contributed by atoms with Gasteiger partial charge in [0.05, 0.1) is 11.6 Å². The van der Waals surface area contributed by atoms with Crippen LogP contribution in [-0.2, 0) is 17.9 Å². The fourth-order valence-electron chi connectivity index (χ4n) is 2.68. The molecule has 2 N–H and O–H groups in total. The first kappa shape index (κ1) is 23.3. The van der Waals surface area contributed by atoms with Gasteiger partial charge in [0.1, 0.15) is 18.5 Å². The van der Waals surface area contributed by atoms with Crippen molar-refractivity contribution in [1.29, 1.82) is 0 Å². The number of rotatable bonds is 12. The molecule has 0 heterocycles. The number of thioether (sulfide) groups is 1. The van der Waals surface area contributed by atoms with Gasteiger partial charge in [0.25, 0.3) is 0 Å². The first-order chi connectivity index (χ1) is 14.0. The normalized spacial score (nSPS) is 11.9. The van der Waals surface area contributed by atoms with Gasteiger partial charge in [-0.25, -0.2) is 4.39 Å². The van der Waals surface area contributed by atoms with Crippen LogP contribution in [0.1, 0.15) is 24.5 Å². The standard InChI is InChI=1S/C21H25ClFNO4S/c1-3-27-19-11-14(12-24-18(21(25)26)8-9-29-2)10-16(22)20(19)28-13-15-6-4-5-7-17(15)23/h4-7,10-11,18,24H,3,8-9,12-13H2,1-2H3,(H,25,26). The second-order valence-corrected chi connectivity index (χ2v) is 7.66. The number of hydrogen-bond donors (Lipinski definition) is 2. The highest BCUT2D eigenvalue weighted by Gasteiger charge is 2.18. The number of aliphatic carboxylic acids is 1. The Kier molecular flexibility index (Phi) is 9.57. The van der Waals surface area contributed by atoms with Crippen LogP contribution in [-0.4, -0.2) is 35.7 Å². The molecule has 158 valence electrons. The Morgan fingerprint density at radius 2 is 2.07 bits per heavy atom. The molecule has 8 heteroatoms. The van der Waals surface area contributed by atoms with Gasteiger partial charge >= 0.3 is 5.97 Å². The lowest BCUT2D eigenvalue weighted by atomic mass is 10.1. The van der Waals surface area contributed by atoms with E-state index in [1.165, 1.54) is 6.07 Å². The molecule has 0 amide bonds. The quantitative estimate of drug-likeness (QED) is 0.495. The van der Waals surface area contributed by atoms with Gasteiger partial charge < -0.3 is 19.9 Å². The van der Waals surface area contributed by atoms with Gasteiger partial charge in [-0.2, -0.15) is 11.8 Å². The van der Waals surface area contributed by atoms with Gasteiger partial charge in [0.2, 0.25) is 0 Å². The van der Waals surface area contributed by atoms with Crippen molar-refractivity contribution in [3.63, 3.8) is 0 Å². The van der Waals surface area contributed by atoms with Gasteiger partial charge in [-0.05, 0) is 49.1 Å². The summed E-state index contributed by atoms with van der Waals surface area (Å²) in [5, 5.41) is 12.7. The van der Waals surface area contributed by atoms with Crippen molar-refractivity contribution >= 4 is 29.3 Å². The average molecular weight is 442 g/mol. The van der Waals surface area contributed by atoms with Crippen molar-refractivity contribution in [3.05, 3.63) is 58.4 Å². The Balaban J connectivity index is 2.14. The number of halogens is 2. The Morgan fingerprint density at radius 3 is 2.72 bits per heavy atom. The summed E-state index contributed by atoms with van der Waals surface area (Å²) in [6.07, 6.45) is 2.46. The second-order valence-electron chi connectivity index (χ2n) is 6.27. The van der Waals surface area contributed by atoms with Gasteiger partial charge in [-0.3, -0.25) is 4.79 Å². The maximum atomic E-state index is 13.8. The van der Waals surface area contributed by atoms with Crippen molar-refractivity contribution in [2.45, 2.75) is 32.5 Å². The molecule has 0 aliphatic carbocycles. The van der Waals surface area contributed by atoms with E-state index < -0.39 is 12.0 Å². The zero-order valence-corrected chi connectivity index (χ0v) is 18.0. The van der Waals surface area contributed by atoms with Crippen LogP contribution in [0, 0.1) is 5.82 Å². The van der Waals surface area contributed by atoms with E-state index in [1.807, 2.05) is 13.2 Å². The number of nitrogens with one attached hydrogen (secondary N) is 1. The van der Waals surface area contributed by atoms with E-state index in [4.69, 9.17) is 21.1 Å². The Labute approximate surface area is 179 Å². The highest BCUT2D eigenvalue weighted by molar-refractivity contribution is 7.98. The highest BCUT2D eigenvalue weighted by Crippen LogP contribution is 2.37. The van der Waals surface area contributed by atoms with E-state index in [-0.39, 0.29) is 12.4 Å². The van der Waals surface area contributed by atoms with Crippen LogP contribution in [0.2, 0.25) is 5.02 Å². The molecule has 1 unspecified atom stereocenters. The largest absolute Gasteiger partial charge is 0.490 e. The summed E-state index contributed by atoms with van der Waals surface area (Å²) in [7, 11) is 0. The molecule has 0 aliphatic rings. The molecular formula is C21H25ClFNO4S. The van der Waals surface area contributed by atoms with E-state index in [0.717, 1.165) is 11.3 Å². The van der Waals surface area contributed by atoms with E-state index >= 15 is 0 Å². The zero-order valence-electron chi connectivity index (χ0n) is 16.4. The molecule has 2 rings (SSSR count). The topological polar surface area (TPSA) is 67.8 Å². The van der Waals surface area contributed by atoms with Crippen LogP contribution >= 0.6 is 23.4 Å². The summed E-state index contributed by atoms with van der Waals surface area (Å²) in [5.41, 5.74) is 1.18. The Hall–Kier alpha value is -1.96. The van der Waals surface area contributed by atoms with Crippen LogP contribution in [0.5, 0.6) is 11.5 Å². The number of benzene rings is 2. The minimum absolute atomic E-state index is 0.0137. The molecule has 0 radical (unpaired) electrons. The fourth-order valence-corrected chi connectivity index (χ4v) is 3.44. The molecule has 2 aromatic rings. The molecule has 0 bridgehead atoms. The van der Waals surface area contributed by atoms with Crippen LogP contribution in [0.15, 0.2) is 36.4 Å². The van der Waals surface area contributed by atoms with Crippen molar-refractivity contribution in [2.24, 2.45) is 0 Å². The molecule has 0 saturated heterocycles. The molecular weight excluding hydrogens is 417 g/mol. The molecule has 1 atom stereocenters. The maximum absolute atomic E-state index is 13.8. The summed E-state index contributed by atoms with van der Waals surface area (Å²) in [6.45, 7) is 2.57. The van der Waals surface area contributed by atoms with Crippen molar-refractivity contribution in [2.75, 3.05) is 18.6 Å². The summed E-state index contributed by atoms with van der Waals surface area (Å²) >= 11 is 7.99. The number of carboxylic acid groups (broad SMARTS) is 1. The number of carbonyl (C=O) groups is 1. The van der Waals surface area contributed by atoms with E-state index in [1.54, 1.807) is 42.1 Å². The highest BCUT2D eigenvalue weighted by atomic mass is 35.5. The van der Waals surface area contributed by atoms with Gasteiger partial charge in [-0.1, -0.05) is 29.8 Å². The second kappa shape index (κ2) is 11.9. The third kappa shape index (κ3) is 7.10. The maximum Gasteiger partial charge on any atom is 0.320 e. The summed E-state index contributed by atoms with van der Waals surface area (Å²) in [4.78, 5) is 11.4. The third-order valence-electron chi connectivity index (χ3n) is 4.16. The fraction of sp³-hybridized carbons (Fsp3) is 0.381. The average Bonchev–Trinajstić information content (AvgIpc) is 2.68. The zero-order chi connectivity index (χ0) is 21.2. The molecule has 29 heavy (non-hydrogen) atoms. The van der Waals surface area contributed by atoms with Gasteiger partial charge in [0.15, 0.2) is 11.5 Å². The lowest BCUT2D eigenvalue weighted by Gasteiger charge is -2.17. The number of ether oxygens (including phenoxy) is 2. The lowest BCUT2D eigenvalue weighted by Crippen LogP contribution is -2.36. The van der Waals surface area contributed by atoms with Crippen LogP contribution < -0.4 is 14.8 Å². The van der Waals surface area contributed by atoms with Crippen LogP contribution in [0.3, 0.4) is 0 Å². The minimum atomic E-state index is -0.889. The number of carboxylic acids is 1. The first-order valence-electron chi connectivity index (χ1n) is 9.22. The molecule has 0 saturated carbocycles. The molecule has 0 aliphatic heterocycles.